The molecule has 0 aliphatic heterocycles. The summed E-state index contributed by atoms with van der Waals surface area (Å²) in [5, 5.41) is 0. The van der Waals surface area contributed by atoms with Gasteiger partial charge in [-0.05, 0) is 19.1 Å². The monoisotopic (exact) mass is 270 g/mol. The topological polar surface area (TPSA) is 52.6 Å². The summed E-state index contributed by atoms with van der Waals surface area (Å²) in [7, 11) is -4.32. The molecule has 8 heteroatoms. The van der Waals surface area contributed by atoms with Gasteiger partial charge in [-0.15, -0.1) is 4.33 Å². The lowest BCUT2D eigenvalue weighted by Crippen LogP contribution is -2.19. The smallest absolute Gasteiger partial charge is 0.210 e. The van der Waals surface area contributed by atoms with Crippen LogP contribution in [0.4, 0.5) is 13.2 Å². The number of rotatable bonds is 4. The van der Waals surface area contributed by atoms with Gasteiger partial charge in [-0.3, -0.25) is 0 Å². The maximum Gasteiger partial charge on any atom is 0.415 e. The predicted octanol–water partition coefficient (Wildman–Crippen LogP) is 2.19. The molecule has 0 aromatic heterocycles. The Balaban J connectivity index is 2.66. The molecule has 4 nitrogen and oxygen atoms in total. The zero-order chi connectivity index (χ0) is 13.1. The van der Waals surface area contributed by atoms with Crippen molar-refractivity contribution in [3.63, 3.8) is 0 Å². The number of benzene rings is 1. The van der Waals surface area contributed by atoms with Crippen molar-refractivity contribution in [1.82, 2.24) is 0 Å². The molecule has 0 aliphatic rings. The SMILES string of the molecule is Cc1ccc(S(=O)(=O)OOCC(F)(F)F)cc1. The Morgan fingerprint density at radius 3 is 2.18 bits per heavy atom. The van der Waals surface area contributed by atoms with Crippen LogP contribution in [0.3, 0.4) is 0 Å². The number of hydrogen-bond donors (Lipinski definition) is 0. The highest BCUT2D eigenvalue weighted by molar-refractivity contribution is 7.86. The van der Waals surface area contributed by atoms with E-state index in [9.17, 15) is 21.6 Å². The highest BCUT2D eigenvalue weighted by Crippen LogP contribution is 2.17. The summed E-state index contributed by atoms with van der Waals surface area (Å²) < 4.78 is 61.5. The molecule has 1 rings (SSSR count). The van der Waals surface area contributed by atoms with Crippen LogP contribution in [0.15, 0.2) is 29.2 Å². The van der Waals surface area contributed by atoms with Crippen LogP contribution in [0.5, 0.6) is 0 Å². The van der Waals surface area contributed by atoms with Crippen molar-refractivity contribution in [1.29, 1.82) is 0 Å². The van der Waals surface area contributed by atoms with Crippen molar-refractivity contribution in [2.24, 2.45) is 0 Å². The number of aryl methyl sites for hydroxylation is 1. The molecule has 1 aromatic rings. The fourth-order valence-corrected chi connectivity index (χ4v) is 1.62. The van der Waals surface area contributed by atoms with Gasteiger partial charge in [-0.2, -0.15) is 21.6 Å². The zero-order valence-corrected chi connectivity index (χ0v) is 9.51. The van der Waals surface area contributed by atoms with E-state index < -0.39 is 22.9 Å². The van der Waals surface area contributed by atoms with E-state index in [1.54, 1.807) is 6.92 Å². The molecule has 0 spiro atoms. The molecule has 0 saturated heterocycles. The Kier molecular flexibility index (Phi) is 4.12. The summed E-state index contributed by atoms with van der Waals surface area (Å²) in [6, 6.07) is 5.39. The summed E-state index contributed by atoms with van der Waals surface area (Å²) >= 11 is 0. The quantitative estimate of drug-likeness (QED) is 0.621. The van der Waals surface area contributed by atoms with Gasteiger partial charge in [0.2, 0.25) is 0 Å². The van der Waals surface area contributed by atoms with E-state index in [-0.39, 0.29) is 4.90 Å². The van der Waals surface area contributed by atoms with Crippen molar-refractivity contribution in [2.75, 3.05) is 6.61 Å². The van der Waals surface area contributed by atoms with Gasteiger partial charge >= 0.3 is 16.3 Å². The molecular weight excluding hydrogens is 261 g/mol. The van der Waals surface area contributed by atoms with Crippen LogP contribution in [0.1, 0.15) is 5.56 Å². The molecule has 0 N–H and O–H groups in total. The van der Waals surface area contributed by atoms with Gasteiger partial charge in [0.05, 0.1) is 4.90 Å². The van der Waals surface area contributed by atoms with Gasteiger partial charge in [0, 0.05) is 0 Å². The third-order valence-electron chi connectivity index (χ3n) is 1.67. The van der Waals surface area contributed by atoms with E-state index in [1.807, 2.05) is 0 Å². The van der Waals surface area contributed by atoms with E-state index in [1.165, 1.54) is 24.3 Å². The molecule has 0 amide bonds. The predicted molar refractivity (Wildman–Crippen MR) is 51.5 cm³/mol. The first-order chi connectivity index (χ1) is 7.71. The van der Waals surface area contributed by atoms with Crippen LogP contribution in [0.25, 0.3) is 0 Å². The molecule has 17 heavy (non-hydrogen) atoms. The lowest BCUT2D eigenvalue weighted by Gasteiger charge is -2.07. The van der Waals surface area contributed by atoms with Gasteiger partial charge in [0.25, 0.3) is 0 Å². The molecule has 0 unspecified atom stereocenters. The average Bonchev–Trinajstić information content (AvgIpc) is 2.15. The first kappa shape index (κ1) is 13.9. The lowest BCUT2D eigenvalue weighted by molar-refractivity contribution is -0.280. The number of halogens is 3. The minimum absolute atomic E-state index is 0.273. The molecule has 0 heterocycles. The van der Waals surface area contributed by atoms with E-state index >= 15 is 0 Å². The number of alkyl halides is 3. The van der Waals surface area contributed by atoms with Crippen molar-refractivity contribution < 1.29 is 30.8 Å². The lowest BCUT2D eigenvalue weighted by atomic mass is 10.2. The highest BCUT2D eigenvalue weighted by atomic mass is 32.2. The first-order valence-corrected chi connectivity index (χ1v) is 5.81. The van der Waals surface area contributed by atoms with Crippen LogP contribution in [0.2, 0.25) is 0 Å². The fourth-order valence-electron chi connectivity index (χ4n) is 0.898. The highest BCUT2D eigenvalue weighted by Gasteiger charge is 2.30. The summed E-state index contributed by atoms with van der Waals surface area (Å²) in [5.41, 5.74) is 0.806. The van der Waals surface area contributed by atoms with Gasteiger partial charge in [0.15, 0.2) is 6.61 Å². The third kappa shape index (κ3) is 4.72. The van der Waals surface area contributed by atoms with Crippen molar-refractivity contribution in [3.05, 3.63) is 29.8 Å². The summed E-state index contributed by atoms with van der Waals surface area (Å²) in [6.45, 7) is -0.0600. The zero-order valence-electron chi connectivity index (χ0n) is 8.69. The first-order valence-electron chi connectivity index (χ1n) is 4.40. The number of hydrogen-bond acceptors (Lipinski definition) is 4. The second-order valence-electron chi connectivity index (χ2n) is 3.21. The van der Waals surface area contributed by atoms with Gasteiger partial charge in [-0.25, -0.2) is 4.89 Å². The van der Waals surface area contributed by atoms with E-state index in [0.29, 0.717) is 0 Å². The minimum Gasteiger partial charge on any atom is -0.210 e. The van der Waals surface area contributed by atoms with Crippen LogP contribution in [0, 0.1) is 6.92 Å². The van der Waals surface area contributed by atoms with Crippen LogP contribution < -0.4 is 0 Å². The molecular formula is C9H9F3O4S. The molecule has 96 valence electrons. The second kappa shape index (κ2) is 5.03. The summed E-state index contributed by atoms with van der Waals surface area (Å²) in [4.78, 5) is 3.36. The Morgan fingerprint density at radius 2 is 1.71 bits per heavy atom. The van der Waals surface area contributed by atoms with Crippen LogP contribution in [-0.4, -0.2) is 21.2 Å². The van der Waals surface area contributed by atoms with Crippen molar-refractivity contribution in [3.8, 4) is 0 Å². The minimum atomic E-state index is -4.65. The van der Waals surface area contributed by atoms with Crippen molar-refractivity contribution in [2.45, 2.75) is 18.0 Å². The molecule has 0 fully saturated rings. The van der Waals surface area contributed by atoms with E-state index in [0.717, 1.165) is 5.56 Å². The molecule has 0 aliphatic carbocycles. The fraction of sp³-hybridized carbons (Fsp3) is 0.333. The normalized spacial score (nSPS) is 12.7. The molecule has 0 saturated carbocycles. The van der Waals surface area contributed by atoms with Gasteiger partial charge < -0.3 is 0 Å². The van der Waals surface area contributed by atoms with Crippen LogP contribution >= 0.6 is 0 Å². The van der Waals surface area contributed by atoms with Gasteiger partial charge in [0.1, 0.15) is 0 Å². The third-order valence-corrected chi connectivity index (χ3v) is 2.79. The Morgan fingerprint density at radius 1 is 1.18 bits per heavy atom. The Labute approximate surface area is 96.0 Å². The molecule has 0 radical (unpaired) electrons. The maximum absolute atomic E-state index is 11.7. The van der Waals surface area contributed by atoms with Gasteiger partial charge in [-0.1, -0.05) is 17.7 Å². The molecule has 1 aromatic carbocycles. The van der Waals surface area contributed by atoms with Crippen molar-refractivity contribution >= 4 is 10.1 Å². The molecule has 0 bridgehead atoms. The van der Waals surface area contributed by atoms with E-state index in [2.05, 4.69) is 9.22 Å². The standard InChI is InChI=1S/C9H9F3O4S/c1-7-2-4-8(5-3-7)17(13,14)16-15-6-9(10,11)12/h2-5H,6H2,1H3. The van der Waals surface area contributed by atoms with E-state index in [4.69, 9.17) is 0 Å². The molecule has 0 atom stereocenters. The average molecular weight is 270 g/mol. The van der Waals surface area contributed by atoms with Crippen LogP contribution in [-0.2, 0) is 19.3 Å². The largest absolute Gasteiger partial charge is 0.415 e. The summed E-state index contributed by atoms with van der Waals surface area (Å²) in [6.07, 6.45) is -4.65. The maximum atomic E-state index is 11.7. The second-order valence-corrected chi connectivity index (χ2v) is 4.73. The summed E-state index contributed by atoms with van der Waals surface area (Å²) in [5.74, 6) is 0. The Bertz CT molecular complexity index is 464. The Hall–Kier alpha value is -1.12.